The van der Waals surface area contributed by atoms with E-state index >= 15 is 0 Å². The van der Waals surface area contributed by atoms with Crippen LogP contribution in [0.5, 0.6) is 5.75 Å². The number of halogens is 1. The fraction of sp³-hybridized carbons (Fsp3) is 0.538. The van der Waals surface area contributed by atoms with Crippen molar-refractivity contribution in [2.75, 3.05) is 7.11 Å². The Labute approximate surface area is 106 Å². The highest BCUT2D eigenvalue weighted by atomic mass is 79.9. The van der Waals surface area contributed by atoms with Gasteiger partial charge in [0.15, 0.2) is 0 Å². The third kappa shape index (κ3) is 2.98. The molecule has 0 aliphatic heterocycles. The number of benzene rings is 1. The molecule has 3 heteroatoms. The molecule has 90 valence electrons. The van der Waals surface area contributed by atoms with Gasteiger partial charge in [0.2, 0.25) is 0 Å². The predicted molar refractivity (Wildman–Crippen MR) is 69.7 cm³/mol. The molecule has 1 atom stereocenters. The van der Waals surface area contributed by atoms with Crippen LogP contribution in [0.1, 0.15) is 38.4 Å². The Morgan fingerprint density at radius 3 is 2.44 bits per heavy atom. The average Bonchev–Trinajstić information content (AvgIpc) is 2.30. The zero-order valence-corrected chi connectivity index (χ0v) is 11.6. The average molecular weight is 287 g/mol. The summed E-state index contributed by atoms with van der Waals surface area (Å²) < 4.78 is 6.25. The highest BCUT2D eigenvalue weighted by Crippen LogP contribution is 2.34. The Balaban J connectivity index is 3.04. The zero-order valence-electron chi connectivity index (χ0n) is 10.0. The second kappa shape index (κ2) is 6.26. The summed E-state index contributed by atoms with van der Waals surface area (Å²) in [6.07, 6.45) is 1.48. The van der Waals surface area contributed by atoms with Crippen molar-refractivity contribution < 1.29 is 9.84 Å². The number of hydrogen-bond donors (Lipinski definition) is 1. The summed E-state index contributed by atoms with van der Waals surface area (Å²) in [5.41, 5.74) is 0.866. The quantitative estimate of drug-likeness (QED) is 0.889. The number of ether oxygens (including phenoxy) is 1. The van der Waals surface area contributed by atoms with Crippen LogP contribution in [0.25, 0.3) is 0 Å². The van der Waals surface area contributed by atoms with E-state index in [2.05, 4.69) is 29.8 Å². The molecule has 1 N–H and O–H groups in total. The van der Waals surface area contributed by atoms with Crippen molar-refractivity contribution in [3.05, 3.63) is 28.2 Å². The molecule has 0 saturated carbocycles. The van der Waals surface area contributed by atoms with Crippen LogP contribution in [0.15, 0.2) is 22.7 Å². The highest BCUT2D eigenvalue weighted by Gasteiger charge is 2.21. The Hall–Kier alpha value is -0.540. The molecule has 1 rings (SSSR count). The standard InChI is InChI=1S/C13H19BrO2/c1-4-9(5-2)13(15)11-8-10(14)6-7-12(11)16-3/h6-9,13,15H,4-5H2,1-3H3. The van der Waals surface area contributed by atoms with Gasteiger partial charge >= 0.3 is 0 Å². The normalized spacial score (nSPS) is 12.9. The lowest BCUT2D eigenvalue weighted by Gasteiger charge is -2.22. The van der Waals surface area contributed by atoms with E-state index in [-0.39, 0.29) is 5.92 Å². The van der Waals surface area contributed by atoms with Gasteiger partial charge in [0.25, 0.3) is 0 Å². The van der Waals surface area contributed by atoms with Crippen molar-refractivity contribution in [3.63, 3.8) is 0 Å². The summed E-state index contributed by atoms with van der Waals surface area (Å²) in [6, 6.07) is 5.73. The summed E-state index contributed by atoms with van der Waals surface area (Å²) in [4.78, 5) is 0. The topological polar surface area (TPSA) is 29.5 Å². The first-order valence-corrected chi connectivity index (χ1v) is 6.44. The van der Waals surface area contributed by atoms with E-state index in [1.807, 2.05) is 18.2 Å². The molecule has 1 unspecified atom stereocenters. The van der Waals surface area contributed by atoms with Gasteiger partial charge < -0.3 is 9.84 Å². The maximum absolute atomic E-state index is 10.3. The Kier molecular flexibility index (Phi) is 5.29. The van der Waals surface area contributed by atoms with E-state index in [1.54, 1.807) is 7.11 Å². The molecule has 0 radical (unpaired) electrons. The van der Waals surface area contributed by atoms with Crippen LogP contribution in [0, 0.1) is 5.92 Å². The molecule has 0 fully saturated rings. The summed E-state index contributed by atoms with van der Waals surface area (Å²) in [5, 5.41) is 10.3. The maximum atomic E-state index is 10.3. The lowest BCUT2D eigenvalue weighted by molar-refractivity contribution is 0.100. The Morgan fingerprint density at radius 2 is 1.94 bits per heavy atom. The minimum Gasteiger partial charge on any atom is -0.496 e. The highest BCUT2D eigenvalue weighted by molar-refractivity contribution is 9.10. The number of aliphatic hydroxyl groups is 1. The van der Waals surface area contributed by atoms with Gasteiger partial charge in [0.1, 0.15) is 5.75 Å². The fourth-order valence-corrected chi connectivity index (χ4v) is 2.30. The monoisotopic (exact) mass is 286 g/mol. The van der Waals surface area contributed by atoms with Gasteiger partial charge in [0, 0.05) is 10.0 Å². The largest absolute Gasteiger partial charge is 0.496 e. The molecule has 0 aliphatic rings. The second-order valence-corrected chi connectivity index (χ2v) is 4.82. The van der Waals surface area contributed by atoms with Crippen molar-refractivity contribution in [1.29, 1.82) is 0 Å². The van der Waals surface area contributed by atoms with E-state index < -0.39 is 6.10 Å². The van der Waals surface area contributed by atoms with Crippen molar-refractivity contribution >= 4 is 15.9 Å². The van der Waals surface area contributed by atoms with E-state index in [9.17, 15) is 5.11 Å². The molecule has 0 amide bonds. The van der Waals surface area contributed by atoms with Gasteiger partial charge in [-0.2, -0.15) is 0 Å². The van der Waals surface area contributed by atoms with Crippen LogP contribution in [0.4, 0.5) is 0 Å². The number of methoxy groups -OCH3 is 1. The van der Waals surface area contributed by atoms with Crippen molar-refractivity contribution in [1.82, 2.24) is 0 Å². The molecular formula is C13H19BrO2. The lowest BCUT2D eigenvalue weighted by Crippen LogP contribution is -2.12. The molecule has 0 heterocycles. The molecule has 1 aromatic rings. The van der Waals surface area contributed by atoms with E-state index in [4.69, 9.17) is 4.74 Å². The molecule has 0 spiro atoms. The predicted octanol–water partition coefficient (Wildman–Crippen LogP) is 3.93. The van der Waals surface area contributed by atoms with Crippen molar-refractivity contribution in [2.45, 2.75) is 32.8 Å². The Bertz CT molecular complexity index is 335. The fourth-order valence-electron chi connectivity index (χ4n) is 1.93. The van der Waals surface area contributed by atoms with Gasteiger partial charge in [-0.15, -0.1) is 0 Å². The first-order chi connectivity index (χ1) is 7.63. The number of aliphatic hydroxyl groups excluding tert-OH is 1. The van der Waals surface area contributed by atoms with Gasteiger partial charge in [-0.25, -0.2) is 0 Å². The minimum atomic E-state index is -0.456. The third-order valence-electron chi connectivity index (χ3n) is 3.01. The van der Waals surface area contributed by atoms with Crippen LogP contribution in [-0.4, -0.2) is 12.2 Å². The van der Waals surface area contributed by atoms with E-state index in [0.717, 1.165) is 28.6 Å². The summed E-state index contributed by atoms with van der Waals surface area (Å²) in [5.74, 6) is 1.03. The molecule has 16 heavy (non-hydrogen) atoms. The smallest absolute Gasteiger partial charge is 0.124 e. The number of rotatable bonds is 5. The minimum absolute atomic E-state index is 0.281. The van der Waals surface area contributed by atoms with Gasteiger partial charge in [-0.3, -0.25) is 0 Å². The molecule has 0 aliphatic carbocycles. The zero-order chi connectivity index (χ0) is 12.1. The number of hydrogen-bond acceptors (Lipinski definition) is 2. The SMILES string of the molecule is CCC(CC)C(O)c1cc(Br)ccc1OC. The molecule has 0 aromatic heterocycles. The molecule has 0 saturated heterocycles. The van der Waals surface area contributed by atoms with Gasteiger partial charge in [0.05, 0.1) is 13.2 Å². The first-order valence-electron chi connectivity index (χ1n) is 5.65. The molecule has 0 bridgehead atoms. The second-order valence-electron chi connectivity index (χ2n) is 3.91. The van der Waals surface area contributed by atoms with Crippen LogP contribution in [0.2, 0.25) is 0 Å². The van der Waals surface area contributed by atoms with Crippen molar-refractivity contribution in [2.24, 2.45) is 5.92 Å². The Morgan fingerprint density at radius 1 is 1.31 bits per heavy atom. The maximum Gasteiger partial charge on any atom is 0.124 e. The first kappa shape index (κ1) is 13.5. The molecule has 2 nitrogen and oxygen atoms in total. The van der Waals surface area contributed by atoms with Gasteiger partial charge in [-0.05, 0) is 24.1 Å². The van der Waals surface area contributed by atoms with Crippen molar-refractivity contribution in [3.8, 4) is 5.75 Å². The van der Waals surface area contributed by atoms with Crippen LogP contribution >= 0.6 is 15.9 Å². The lowest BCUT2D eigenvalue weighted by atomic mass is 9.91. The van der Waals surface area contributed by atoms with Crippen LogP contribution in [-0.2, 0) is 0 Å². The van der Waals surface area contributed by atoms with E-state index in [0.29, 0.717) is 0 Å². The molecule has 1 aromatic carbocycles. The van der Waals surface area contributed by atoms with E-state index in [1.165, 1.54) is 0 Å². The third-order valence-corrected chi connectivity index (χ3v) is 3.50. The summed E-state index contributed by atoms with van der Waals surface area (Å²) in [7, 11) is 1.63. The molecular weight excluding hydrogens is 268 g/mol. The van der Waals surface area contributed by atoms with Gasteiger partial charge in [-0.1, -0.05) is 42.6 Å². The summed E-state index contributed by atoms with van der Waals surface area (Å²) in [6.45, 7) is 4.20. The summed E-state index contributed by atoms with van der Waals surface area (Å²) >= 11 is 3.42. The van der Waals surface area contributed by atoms with Crippen LogP contribution in [0.3, 0.4) is 0 Å². The van der Waals surface area contributed by atoms with Crippen LogP contribution < -0.4 is 4.74 Å².